The molecule has 0 saturated heterocycles. The van der Waals surface area contributed by atoms with E-state index in [0.717, 1.165) is 49.7 Å². The summed E-state index contributed by atoms with van der Waals surface area (Å²) in [5.41, 5.74) is 11.9. The Morgan fingerprint density at radius 1 is 0.179 bits per heavy atom. The maximum atomic E-state index is 5.25. The molecule has 0 fully saturated rings. The van der Waals surface area contributed by atoms with Crippen molar-refractivity contribution >= 4 is 21.5 Å². The van der Waals surface area contributed by atoms with Crippen LogP contribution in [0, 0.1) is 0 Å². The highest BCUT2D eigenvalue weighted by Gasteiger charge is 2.16. The van der Waals surface area contributed by atoms with Crippen LogP contribution in [-0.4, -0.2) is 15.0 Å². The summed E-state index contributed by atoms with van der Waals surface area (Å²) in [5, 5.41) is 4.63. The Bertz CT molecular complexity index is 2830. The Hall–Kier alpha value is -7.49. The minimum absolute atomic E-state index is 0.618. The lowest BCUT2D eigenvalue weighted by Crippen LogP contribution is -2.01. The van der Waals surface area contributed by atoms with Gasteiger partial charge in [0.25, 0.3) is 0 Å². The molecular formula is C53H35N3. The molecule has 10 aromatic rings. The SMILES string of the molecule is c1ccc(-c2cccc(-c3cc(-c4cccc(-c5ccccc5)c4)cc(-c4nc(-c5ccc6ccccc6c5)nc(-c5ccc6ccccc6c5)n4)c3)c2)cc1. The minimum Gasteiger partial charge on any atom is -0.208 e. The van der Waals surface area contributed by atoms with Gasteiger partial charge in [0.1, 0.15) is 0 Å². The standard InChI is InChI=1S/C53H35N3/c1-3-13-36(14-4-1)42-21-11-23-44(29-42)48-33-49(45-24-12-22-43(30-45)37-15-5-2-6-16-37)35-50(34-48)53-55-51(46-27-25-38-17-7-9-19-40(38)31-46)54-52(56-53)47-28-26-39-18-8-10-20-41(39)32-47/h1-35H. The molecule has 9 aromatic carbocycles. The predicted octanol–water partition coefficient (Wildman–Crippen LogP) is 13.8. The molecule has 262 valence electrons. The van der Waals surface area contributed by atoms with Crippen molar-refractivity contribution in [1.29, 1.82) is 0 Å². The average Bonchev–Trinajstić information content (AvgIpc) is 3.29. The second kappa shape index (κ2) is 14.4. The summed E-state index contributed by atoms with van der Waals surface area (Å²) in [5.74, 6) is 1.88. The third-order valence-corrected chi connectivity index (χ3v) is 10.4. The van der Waals surface area contributed by atoms with E-state index in [1.807, 2.05) is 0 Å². The van der Waals surface area contributed by atoms with E-state index in [2.05, 4.69) is 212 Å². The molecule has 1 heterocycles. The van der Waals surface area contributed by atoms with Crippen molar-refractivity contribution in [3.8, 4) is 78.7 Å². The van der Waals surface area contributed by atoms with Gasteiger partial charge in [0, 0.05) is 16.7 Å². The fourth-order valence-electron chi connectivity index (χ4n) is 7.53. The van der Waals surface area contributed by atoms with Gasteiger partial charge in [-0.3, -0.25) is 0 Å². The molecule has 0 saturated carbocycles. The highest BCUT2D eigenvalue weighted by Crippen LogP contribution is 2.36. The van der Waals surface area contributed by atoms with Gasteiger partial charge in [0.15, 0.2) is 17.5 Å². The van der Waals surface area contributed by atoms with Gasteiger partial charge in [0.2, 0.25) is 0 Å². The number of hydrogen-bond donors (Lipinski definition) is 0. The molecule has 0 aliphatic heterocycles. The molecule has 3 nitrogen and oxygen atoms in total. The van der Waals surface area contributed by atoms with Gasteiger partial charge in [0.05, 0.1) is 0 Å². The monoisotopic (exact) mass is 713 g/mol. The first-order valence-corrected chi connectivity index (χ1v) is 18.9. The lowest BCUT2D eigenvalue weighted by molar-refractivity contribution is 1.08. The van der Waals surface area contributed by atoms with Crippen LogP contribution < -0.4 is 0 Å². The van der Waals surface area contributed by atoms with Crippen LogP contribution in [0.5, 0.6) is 0 Å². The summed E-state index contributed by atoms with van der Waals surface area (Å²) in [6.45, 7) is 0. The lowest BCUT2D eigenvalue weighted by Gasteiger charge is -2.14. The Balaban J connectivity index is 1.19. The molecule has 0 unspecified atom stereocenters. The quantitative estimate of drug-likeness (QED) is 0.165. The fourth-order valence-corrected chi connectivity index (χ4v) is 7.53. The molecule has 0 spiro atoms. The second-order valence-electron chi connectivity index (χ2n) is 14.1. The Labute approximate surface area is 326 Å². The van der Waals surface area contributed by atoms with E-state index >= 15 is 0 Å². The zero-order valence-corrected chi connectivity index (χ0v) is 30.5. The van der Waals surface area contributed by atoms with E-state index in [-0.39, 0.29) is 0 Å². The van der Waals surface area contributed by atoms with Crippen LogP contribution in [0.25, 0.3) is 100 Å². The smallest absolute Gasteiger partial charge is 0.164 e. The molecule has 3 heteroatoms. The number of benzene rings is 9. The number of aromatic nitrogens is 3. The van der Waals surface area contributed by atoms with Crippen LogP contribution in [0.3, 0.4) is 0 Å². The maximum Gasteiger partial charge on any atom is 0.164 e. The van der Waals surface area contributed by atoms with E-state index in [4.69, 9.17) is 15.0 Å². The highest BCUT2D eigenvalue weighted by atomic mass is 15.0. The predicted molar refractivity (Wildman–Crippen MR) is 233 cm³/mol. The molecule has 56 heavy (non-hydrogen) atoms. The van der Waals surface area contributed by atoms with E-state index in [1.165, 1.54) is 33.0 Å². The van der Waals surface area contributed by atoms with Crippen molar-refractivity contribution in [3.05, 3.63) is 212 Å². The van der Waals surface area contributed by atoms with E-state index < -0.39 is 0 Å². The summed E-state index contributed by atoms with van der Waals surface area (Å²) >= 11 is 0. The van der Waals surface area contributed by atoms with Crippen LogP contribution in [0.1, 0.15) is 0 Å². The minimum atomic E-state index is 0.618. The highest BCUT2D eigenvalue weighted by molar-refractivity contribution is 5.89. The normalized spacial score (nSPS) is 11.2. The molecule has 0 bridgehead atoms. The first kappa shape index (κ1) is 33.1. The zero-order valence-electron chi connectivity index (χ0n) is 30.5. The Morgan fingerprint density at radius 2 is 0.500 bits per heavy atom. The number of fused-ring (bicyclic) bond motifs is 2. The molecule has 0 aliphatic carbocycles. The largest absolute Gasteiger partial charge is 0.208 e. The van der Waals surface area contributed by atoms with Crippen molar-refractivity contribution in [2.45, 2.75) is 0 Å². The topological polar surface area (TPSA) is 38.7 Å². The van der Waals surface area contributed by atoms with E-state index in [1.54, 1.807) is 0 Å². The first-order valence-electron chi connectivity index (χ1n) is 18.9. The zero-order chi connectivity index (χ0) is 37.3. The molecule has 0 amide bonds. The van der Waals surface area contributed by atoms with Gasteiger partial charge in [-0.05, 0) is 109 Å². The van der Waals surface area contributed by atoms with Gasteiger partial charge in [-0.25, -0.2) is 15.0 Å². The second-order valence-corrected chi connectivity index (χ2v) is 14.1. The average molecular weight is 714 g/mol. The Kier molecular flexibility index (Phi) is 8.51. The third kappa shape index (κ3) is 6.63. The molecular weight excluding hydrogens is 679 g/mol. The summed E-state index contributed by atoms with van der Waals surface area (Å²) in [6, 6.07) is 75.0. The molecule has 10 rings (SSSR count). The van der Waals surface area contributed by atoms with Crippen LogP contribution in [0.2, 0.25) is 0 Å². The number of nitrogens with zero attached hydrogens (tertiary/aromatic N) is 3. The summed E-state index contributed by atoms with van der Waals surface area (Å²) in [4.78, 5) is 15.6. The van der Waals surface area contributed by atoms with Crippen molar-refractivity contribution in [2.75, 3.05) is 0 Å². The molecule has 0 aliphatic rings. The maximum absolute atomic E-state index is 5.25. The van der Waals surface area contributed by atoms with E-state index in [0.29, 0.717) is 17.5 Å². The van der Waals surface area contributed by atoms with Crippen LogP contribution in [-0.2, 0) is 0 Å². The van der Waals surface area contributed by atoms with Crippen molar-refractivity contribution in [3.63, 3.8) is 0 Å². The van der Waals surface area contributed by atoms with Crippen LogP contribution in [0.15, 0.2) is 212 Å². The molecule has 0 N–H and O–H groups in total. The summed E-state index contributed by atoms with van der Waals surface area (Å²) < 4.78 is 0. The Morgan fingerprint density at radius 3 is 0.946 bits per heavy atom. The molecule has 0 atom stereocenters. The van der Waals surface area contributed by atoms with Crippen molar-refractivity contribution < 1.29 is 0 Å². The summed E-state index contributed by atoms with van der Waals surface area (Å²) in [7, 11) is 0. The van der Waals surface area contributed by atoms with Crippen LogP contribution in [0.4, 0.5) is 0 Å². The lowest BCUT2D eigenvalue weighted by atomic mass is 9.92. The fraction of sp³-hybridized carbons (Fsp3) is 0. The first-order chi connectivity index (χ1) is 27.7. The van der Waals surface area contributed by atoms with Crippen molar-refractivity contribution in [2.24, 2.45) is 0 Å². The third-order valence-electron chi connectivity index (χ3n) is 10.4. The van der Waals surface area contributed by atoms with Gasteiger partial charge < -0.3 is 0 Å². The number of rotatable bonds is 7. The number of hydrogen-bond acceptors (Lipinski definition) is 3. The van der Waals surface area contributed by atoms with Crippen molar-refractivity contribution in [1.82, 2.24) is 15.0 Å². The summed E-state index contributed by atoms with van der Waals surface area (Å²) in [6.07, 6.45) is 0. The van der Waals surface area contributed by atoms with Crippen LogP contribution >= 0.6 is 0 Å². The molecule has 1 aromatic heterocycles. The van der Waals surface area contributed by atoms with Gasteiger partial charge >= 0.3 is 0 Å². The van der Waals surface area contributed by atoms with Gasteiger partial charge in [-0.2, -0.15) is 0 Å². The van der Waals surface area contributed by atoms with Gasteiger partial charge in [-0.15, -0.1) is 0 Å². The van der Waals surface area contributed by atoms with E-state index in [9.17, 15) is 0 Å². The molecule has 0 radical (unpaired) electrons. The van der Waals surface area contributed by atoms with Gasteiger partial charge in [-0.1, -0.05) is 170 Å².